The van der Waals surface area contributed by atoms with E-state index in [0.29, 0.717) is 18.1 Å². The average molecular weight is 290 g/mol. The van der Waals surface area contributed by atoms with Crippen molar-refractivity contribution in [1.29, 1.82) is 0 Å². The van der Waals surface area contributed by atoms with Crippen LogP contribution in [0.4, 0.5) is 0 Å². The SMILES string of the molecule is CCC1COCCN1C1Cc2ccc(OC)cc2C1NC. The Morgan fingerprint density at radius 2 is 2.29 bits per heavy atom. The molecule has 0 bridgehead atoms. The molecule has 1 aliphatic heterocycles. The lowest BCUT2D eigenvalue weighted by molar-refractivity contribution is -0.0347. The monoisotopic (exact) mass is 290 g/mol. The second kappa shape index (κ2) is 6.34. The summed E-state index contributed by atoms with van der Waals surface area (Å²) in [6.45, 7) is 5.00. The molecule has 0 aromatic heterocycles. The minimum absolute atomic E-state index is 0.377. The summed E-state index contributed by atoms with van der Waals surface area (Å²) >= 11 is 0. The fourth-order valence-electron chi connectivity index (χ4n) is 3.84. The molecule has 1 aromatic carbocycles. The number of likely N-dealkylation sites (N-methyl/N-ethyl adjacent to an activating group) is 1. The van der Waals surface area contributed by atoms with Crippen LogP contribution < -0.4 is 10.1 Å². The van der Waals surface area contributed by atoms with Crippen molar-refractivity contribution < 1.29 is 9.47 Å². The maximum absolute atomic E-state index is 5.66. The van der Waals surface area contributed by atoms with Crippen LogP contribution in [0.2, 0.25) is 0 Å². The van der Waals surface area contributed by atoms with Crippen LogP contribution in [-0.2, 0) is 11.2 Å². The van der Waals surface area contributed by atoms with E-state index in [9.17, 15) is 0 Å². The summed E-state index contributed by atoms with van der Waals surface area (Å²) in [5.41, 5.74) is 2.84. The van der Waals surface area contributed by atoms with E-state index in [2.05, 4.69) is 42.4 Å². The molecule has 1 saturated heterocycles. The topological polar surface area (TPSA) is 33.7 Å². The number of methoxy groups -OCH3 is 1. The number of benzene rings is 1. The summed E-state index contributed by atoms with van der Waals surface area (Å²) in [4.78, 5) is 2.65. The third-order valence-corrected chi connectivity index (χ3v) is 4.98. The molecule has 1 aliphatic carbocycles. The van der Waals surface area contributed by atoms with Crippen LogP contribution in [0.25, 0.3) is 0 Å². The molecule has 21 heavy (non-hydrogen) atoms. The van der Waals surface area contributed by atoms with Gasteiger partial charge in [0.15, 0.2) is 0 Å². The van der Waals surface area contributed by atoms with Gasteiger partial charge in [0.05, 0.1) is 20.3 Å². The van der Waals surface area contributed by atoms with Crippen LogP contribution in [0.1, 0.15) is 30.5 Å². The van der Waals surface area contributed by atoms with Gasteiger partial charge in [-0.2, -0.15) is 0 Å². The van der Waals surface area contributed by atoms with E-state index < -0.39 is 0 Å². The van der Waals surface area contributed by atoms with E-state index >= 15 is 0 Å². The molecule has 4 nitrogen and oxygen atoms in total. The minimum Gasteiger partial charge on any atom is -0.497 e. The molecule has 0 saturated carbocycles. The highest BCUT2D eigenvalue weighted by atomic mass is 16.5. The lowest BCUT2D eigenvalue weighted by Crippen LogP contribution is -2.53. The first-order valence-electron chi connectivity index (χ1n) is 7.96. The summed E-state index contributed by atoms with van der Waals surface area (Å²) in [7, 11) is 3.80. The predicted octanol–water partition coefficient (Wildman–Crippen LogP) is 1.99. The zero-order chi connectivity index (χ0) is 14.8. The molecule has 1 N–H and O–H groups in total. The molecule has 3 unspecified atom stereocenters. The van der Waals surface area contributed by atoms with E-state index in [0.717, 1.165) is 38.3 Å². The van der Waals surface area contributed by atoms with Gasteiger partial charge in [-0.1, -0.05) is 13.0 Å². The highest BCUT2D eigenvalue weighted by Gasteiger charge is 2.39. The molecule has 3 atom stereocenters. The summed E-state index contributed by atoms with van der Waals surface area (Å²) in [5.74, 6) is 0.948. The van der Waals surface area contributed by atoms with Gasteiger partial charge in [0.25, 0.3) is 0 Å². The van der Waals surface area contributed by atoms with Crippen molar-refractivity contribution in [3.8, 4) is 5.75 Å². The Balaban J connectivity index is 1.87. The Hall–Kier alpha value is -1.10. The number of rotatable bonds is 4. The Labute approximate surface area is 127 Å². The average Bonchev–Trinajstić information content (AvgIpc) is 2.91. The van der Waals surface area contributed by atoms with E-state index in [-0.39, 0.29) is 0 Å². The summed E-state index contributed by atoms with van der Waals surface area (Å²) in [6, 6.07) is 7.92. The molecular formula is C17H26N2O2. The van der Waals surface area contributed by atoms with E-state index in [1.807, 2.05) is 0 Å². The minimum atomic E-state index is 0.377. The quantitative estimate of drug-likeness (QED) is 0.919. The molecule has 116 valence electrons. The number of hydrogen-bond acceptors (Lipinski definition) is 4. The van der Waals surface area contributed by atoms with Crippen LogP contribution in [0, 0.1) is 0 Å². The van der Waals surface area contributed by atoms with Crippen molar-refractivity contribution in [3.05, 3.63) is 29.3 Å². The second-order valence-electron chi connectivity index (χ2n) is 5.98. The fourth-order valence-corrected chi connectivity index (χ4v) is 3.84. The van der Waals surface area contributed by atoms with Crippen molar-refractivity contribution in [2.45, 2.75) is 37.9 Å². The van der Waals surface area contributed by atoms with Gasteiger partial charge in [-0.3, -0.25) is 4.90 Å². The molecule has 1 aromatic rings. The number of hydrogen-bond donors (Lipinski definition) is 1. The number of ether oxygens (including phenoxy) is 2. The Morgan fingerprint density at radius 1 is 1.43 bits per heavy atom. The zero-order valence-corrected chi connectivity index (χ0v) is 13.3. The molecular weight excluding hydrogens is 264 g/mol. The molecule has 0 amide bonds. The first-order chi connectivity index (χ1) is 10.3. The maximum Gasteiger partial charge on any atom is 0.119 e. The van der Waals surface area contributed by atoms with E-state index in [1.54, 1.807) is 7.11 Å². The summed E-state index contributed by atoms with van der Waals surface area (Å²) in [6.07, 6.45) is 2.26. The van der Waals surface area contributed by atoms with Crippen molar-refractivity contribution in [3.63, 3.8) is 0 Å². The Morgan fingerprint density at radius 3 is 3.00 bits per heavy atom. The van der Waals surface area contributed by atoms with Gasteiger partial charge < -0.3 is 14.8 Å². The first-order valence-corrected chi connectivity index (χ1v) is 7.96. The first kappa shape index (κ1) is 14.8. The molecule has 2 aliphatic rings. The van der Waals surface area contributed by atoms with Gasteiger partial charge in [-0.05, 0) is 43.1 Å². The van der Waals surface area contributed by atoms with Crippen molar-refractivity contribution >= 4 is 0 Å². The maximum atomic E-state index is 5.66. The smallest absolute Gasteiger partial charge is 0.119 e. The van der Waals surface area contributed by atoms with Gasteiger partial charge in [0.2, 0.25) is 0 Å². The lowest BCUT2D eigenvalue weighted by Gasteiger charge is -2.41. The third-order valence-electron chi connectivity index (χ3n) is 4.98. The van der Waals surface area contributed by atoms with Gasteiger partial charge in [-0.15, -0.1) is 0 Å². The fraction of sp³-hybridized carbons (Fsp3) is 0.647. The van der Waals surface area contributed by atoms with Crippen LogP contribution in [-0.4, -0.2) is 50.9 Å². The van der Waals surface area contributed by atoms with Gasteiger partial charge in [0.1, 0.15) is 5.75 Å². The van der Waals surface area contributed by atoms with Gasteiger partial charge in [0, 0.05) is 24.7 Å². The molecule has 4 heteroatoms. The van der Waals surface area contributed by atoms with Crippen LogP contribution >= 0.6 is 0 Å². The van der Waals surface area contributed by atoms with E-state index in [4.69, 9.17) is 9.47 Å². The largest absolute Gasteiger partial charge is 0.497 e. The van der Waals surface area contributed by atoms with Crippen LogP contribution in [0.3, 0.4) is 0 Å². The van der Waals surface area contributed by atoms with Crippen molar-refractivity contribution in [1.82, 2.24) is 10.2 Å². The zero-order valence-electron chi connectivity index (χ0n) is 13.3. The normalized spacial score (nSPS) is 29.4. The van der Waals surface area contributed by atoms with Gasteiger partial charge in [-0.25, -0.2) is 0 Å². The molecule has 1 fully saturated rings. The lowest BCUT2D eigenvalue weighted by atomic mass is 10.0. The number of fused-ring (bicyclic) bond motifs is 1. The standard InChI is InChI=1S/C17H26N2O2/c1-4-13-11-21-8-7-19(13)16-9-12-5-6-14(20-3)10-15(12)17(16)18-2/h5-6,10,13,16-18H,4,7-9,11H2,1-3H3. The third kappa shape index (κ3) is 2.68. The van der Waals surface area contributed by atoms with Crippen LogP contribution in [0.15, 0.2) is 18.2 Å². The number of morpholine rings is 1. The second-order valence-corrected chi connectivity index (χ2v) is 5.98. The summed E-state index contributed by atoms with van der Waals surface area (Å²) in [5, 5.41) is 3.53. The molecule has 0 spiro atoms. The molecule has 3 rings (SSSR count). The van der Waals surface area contributed by atoms with Crippen LogP contribution in [0.5, 0.6) is 5.75 Å². The highest BCUT2D eigenvalue weighted by Crippen LogP contribution is 2.37. The number of nitrogens with zero attached hydrogens (tertiary/aromatic N) is 1. The Kier molecular flexibility index (Phi) is 4.48. The van der Waals surface area contributed by atoms with Crippen molar-refractivity contribution in [2.24, 2.45) is 0 Å². The van der Waals surface area contributed by atoms with Crippen molar-refractivity contribution in [2.75, 3.05) is 33.9 Å². The van der Waals surface area contributed by atoms with E-state index in [1.165, 1.54) is 11.1 Å². The molecule has 1 heterocycles. The van der Waals surface area contributed by atoms with Gasteiger partial charge >= 0.3 is 0 Å². The summed E-state index contributed by atoms with van der Waals surface area (Å²) < 4.78 is 11.1. The Bertz CT molecular complexity index is 492. The predicted molar refractivity (Wildman–Crippen MR) is 83.9 cm³/mol. The number of nitrogens with one attached hydrogen (secondary N) is 1. The molecule has 0 radical (unpaired) electrons. The highest BCUT2D eigenvalue weighted by molar-refractivity contribution is 5.43.